The second kappa shape index (κ2) is 5.97. The molecule has 21 heavy (non-hydrogen) atoms. The molecular weight excluding hydrogens is 288 g/mol. The quantitative estimate of drug-likeness (QED) is 0.721. The minimum absolute atomic E-state index is 0.208. The SMILES string of the molecule is Cc1ccc(-c2noc(COc3cccc(Cl)c3)n2)cc1. The predicted molar refractivity (Wildman–Crippen MR) is 80.3 cm³/mol. The van der Waals surface area contributed by atoms with Crippen LogP contribution in [0.4, 0.5) is 0 Å². The van der Waals surface area contributed by atoms with Gasteiger partial charge in [0.15, 0.2) is 6.61 Å². The lowest BCUT2D eigenvalue weighted by molar-refractivity contribution is 0.243. The first-order chi connectivity index (χ1) is 10.2. The number of hydrogen-bond acceptors (Lipinski definition) is 4. The Balaban J connectivity index is 1.69. The van der Waals surface area contributed by atoms with Gasteiger partial charge in [0.1, 0.15) is 5.75 Å². The van der Waals surface area contributed by atoms with Gasteiger partial charge in [-0.25, -0.2) is 0 Å². The standard InChI is InChI=1S/C16H13ClN2O2/c1-11-5-7-12(8-6-11)16-18-15(21-19-16)10-20-14-4-2-3-13(17)9-14/h2-9H,10H2,1H3. The molecule has 0 atom stereocenters. The number of hydrogen-bond donors (Lipinski definition) is 0. The highest BCUT2D eigenvalue weighted by molar-refractivity contribution is 6.30. The van der Waals surface area contributed by atoms with Crippen LogP contribution in [0.5, 0.6) is 5.75 Å². The third-order valence-corrected chi connectivity index (χ3v) is 3.17. The van der Waals surface area contributed by atoms with Gasteiger partial charge in [-0.05, 0) is 25.1 Å². The molecule has 106 valence electrons. The summed E-state index contributed by atoms with van der Waals surface area (Å²) in [6, 6.07) is 15.1. The van der Waals surface area contributed by atoms with Crippen LogP contribution >= 0.6 is 11.6 Å². The Kier molecular flexibility index (Phi) is 3.88. The molecule has 1 aromatic heterocycles. The zero-order chi connectivity index (χ0) is 14.7. The number of aryl methyl sites for hydroxylation is 1. The van der Waals surface area contributed by atoms with Gasteiger partial charge in [0.25, 0.3) is 5.89 Å². The van der Waals surface area contributed by atoms with E-state index >= 15 is 0 Å². The van der Waals surface area contributed by atoms with E-state index in [-0.39, 0.29) is 6.61 Å². The number of nitrogens with zero attached hydrogens (tertiary/aromatic N) is 2. The molecule has 0 fully saturated rings. The second-order valence-corrected chi connectivity index (χ2v) is 5.06. The smallest absolute Gasteiger partial charge is 0.264 e. The van der Waals surface area contributed by atoms with Crippen molar-refractivity contribution in [3.05, 3.63) is 65.0 Å². The third kappa shape index (κ3) is 3.41. The van der Waals surface area contributed by atoms with Gasteiger partial charge >= 0.3 is 0 Å². The van der Waals surface area contributed by atoms with Crippen molar-refractivity contribution in [3.8, 4) is 17.1 Å². The minimum atomic E-state index is 0.208. The van der Waals surface area contributed by atoms with Crippen LogP contribution in [0.15, 0.2) is 53.1 Å². The molecule has 0 aliphatic rings. The Labute approximate surface area is 127 Å². The molecule has 1 heterocycles. The summed E-state index contributed by atoms with van der Waals surface area (Å²) in [4.78, 5) is 4.31. The summed E-state index contributed by atoms with van der Waals surface area (Å²) in [5.41, 5.74) is 2.10. The van der Waals surface area contributed by atoms with E-state index in [9.17, 15) is 0 Å². The molecule has 3 rings (SSSR count). The average Bonchev–Trinajstić information content (AvgIpc) is 2.95. The molecule has 0 bridgehead atoms. The summed E-state index contributed by atoms with van der Waals surface area (Å²) in [5, 5.41) is 4.58. The number of benzene rings is 2. The fourth-order valence-corrected chi connectivity index (χ4v) is 2.02. The fourth-order valence-electron chi connectivity index (χ4n) is 1.84. The van der Waals surface area contributed by atoms with Crippen molar-refractivity contribution < 1.29 is 9.26 Å². The number of ether oxygens (including phenoxy) is 1. The lowest BCUT2D eigenvalue weighted by Gasteiger charge is -2.02. The van der Waals surface area contributed by atoms with Crippen LogP contribution in [0.1, 0.15) is 11.5 Å². The summed E-state index contributed by atoms with van der Waals surface area (Å²) in [6.45, 7) is 2.24. The van der Waals surface area contributed by atoms with E-state index in [1.54, 1.807) is 12.1 Å². The molecular formula is C16H13ClN2O2. The summed E-state index contributed by atoms with van der Waals surface area (Å²) < 4.78 is 10.7. The maximum Gasteiger partial charge on any atom is 0.264 e. The molecule has 4 nitrogen and oxygen atoms in total. The van der Waals surface area contributed by atoms with Gasteiger partial charge in [-0.1, -0.05) is 52.7 Å². The Morgan fingerprint density at radius 3 is 2.71 bits per heavy atom. The largest absolute Gasteiger partial charge is 0.484 e. The summed E-state index contributed by atoms with van der Waals surface area (Å²) >= 11 is 5.89. The van der Waals surface area contributed by atoms with Gasteiger partial charge in [0.05, 0.1) is 0 Å². The Morgan fingerprint density at radius 1 is 1.14 bits per heavy atom. The predicted octanol–water partition coefficient (Wildman–Crippen LogP) is 4.28. The first-order valence-electron chi connectivity index (χ1n) is 6.49. The van der Waals surface area contributed by atoms with Crippen LogP contribution in [-0.2, 0) is 6.61 Å². The van der Waals surface area contributed by atoms with Crippen LogP contribution in [0.3, 0.4) is 0 Å². The van der Waals surface area contributed by atoms with Crippen molar-refractivity contribution in [1.82, 2.24) is 10.1 Å². The summed E-state index contributed by atoms with van der Waals surface area (Å²) in [5.74, 6) is 1.64. The van der Waals surface area contributed by atoms with Gasteiger partial charge < -0.3 is 9.26 Å². The summed E-state index contributed by atoms with van der Waals surface area (Å²) in [7, 11) is 0. The third-order valence-electron chi connectivity index (χ3n) is 2.94. The number of aromatic nitrogens is 2. The highest BCUT2D eigenvalue weighted by atomic mass is 35.5. The van der Waals surface area contributed by atoms with E-state index in [1.165, 1.54) is 5.56 Å². The van der Waals surface area contributed by atoms with E-state index < -0.39 is 0 Å². The van der Waals surface area contributed by atoms with Gasteiger partial charge in [-0.15, -0.1) is 0 Å². The molecule has 0 N–H and O–H groups in total. The molecule has 2 aromatic carbocycles. The molecule has 0 spiro atoms. The van der Waals surface area contributed by atoms with E-state index in [0.29, 0.717) is 22.5 Å². The normalized spacial score (nSPS) is 10.6. The zero-order valence-electron chi connectivity index (χ0n) is 11.4. The second-order valence-electron chi connectivity index (χ2n) is 4.62. The van der Waals surface area contributed by atoms with Gasteiger partial charge in [0, 0.05) is 10.6 Å². The number of halogens is 1. The monoisotopic (exact) mass is 300 g/mol. The molecule has 0 unspecified atom stereocenters. The van der Waals surface area contributed by atoms with Crippen LogP contribution < -0.4 is 4.74 Å². The molecule has 5 heteroatoms. The maximum absolute atomic E-state index is 5.89. The topological polar surface area (TPSA) is 48.2 Å². The highest BCUT2D eigenvalue weighted by Crippen LogP contribution is 2.19. The van der Waals surface area contributed by atoms with Gasteiger partial charge in [-0.3, -0.25) is 0 Å². The maximum atomic E-state index is 5.89. The molecule has 3 aromatic rings. The lowest BCUT2D eigenvalue weighted by Crippen LogP contribution is -1.95. The first-order valence-corrected chi connectivity index (χ1v) is 6.86. The van der Waals surface area contributed by atoms with Crippen molar-refractivity contribution in [1.29, 1.82) is 0 Å². The average molecular weight is 301 g/mol. The van der Waals surface area contributed by atoms with Crippen LogP contribution in [-0.4, -0.2) is 10.1 Å². The Bertz CT molecular complexity index is 738. The molecule has 0 saturated heterocycles. The first kappa shape index (κ1) is 13.6. The summed E-state index contributed by atoms with van der Waals surface area (Å²) in [6.07, 6.45) is 0. The lowest BCUT2D eigenvalue weighted by atomic mass is 10.1. The van der Waals surface area contributed by atoms with E-state index in [4.69, 9.17) is 20.9 Å². The van der Waals surface area contributed by atoms with Crippen molar-refractivity contribution in [3.63, 3.8) is 0 Å². The molecule has 0 aliphatic carbocycles. The van der Waals surface area contributed by atoms with E-state index in [1.807, 2.05) is 43.3 Å². The molecule has 0 aliphatic heterocycles. The van der Waals surface area contributed by atoms with Gasteiger partial charge in [-0.2, -0.15) is 4.98 Å². The van der Waals surface area contributed by atoms with Crippen molar-refractivity contribution in [2.24, 2.45) is 0 Å². The van der Waals surface area contributed by atoms with Crippen molar-refractivity contribution >= 4 is 11.6 Å². The van der Waals surface area contributed by atoms with Crippen LogP contribution in [0, 0.1) is 6.92 Å². The molecule has 0 radical (unpaired) electrons. The number of rotatable bonds is 4. The van der Waals surface area contributed by atoms with Crippen molar-refractivity contribution in [2.75, 3.05) is 0 Å². The fraction of sp³-hybridized carbons (Fsp3) is 0.125. The molecule has 0 saturated carbocycles. The van der Waals surface area contributed by atoms with Crippen LogP contribution in [0.25, 0.3) is 11.4 Å². The molecule has 0 amide bonds. The zero-order valence-corrected chi connectivity index (χ0v) is 12.2. The van der Waals surface area contributed by atoms with Crippen molar-refractivity contribution in [2.45, 2.75) is 13.5 Å². The highest BCUT2D eigenvalue weighted by Gasteiger charge is 2.09. The van der Waals surface area contributed by atoms with Gasteiger partial charge in [0.2, 0.25) is 5.82 Å². The van der Waals surface area contributed by atoms with E-state index in [0.717, 1.165) is 5.56 Å². The Morgan fingerprint density at radius 2 is 1.95 bits per heavy atom. The van der Waals surface area contributed by atoms with Crippen LogP contribution in [0.2, 0.25) is 5.02 Å². The van der Waals surface area contributed by atoms with E-state index in [2.05, 4.69) is 10.1 Å². The Hall–Kier alpha value is -2.33. The minimum Gasteiger partial charge on any atom is -0.484 e.